The Morgan fingerprint density at radius 3 is 2.73 bits per heavy atom. The van der Waals surface area contributed by atoms with E-state index in [1.165, 1.54) is 0 Å². The van der Waals surface area contributed by atoms with E-state index in [0.717, 1.165) is 19.3 Å². The second-order valence-electron chi connectivity index (χ2n) is 3.17. The summed E-state index contributed by atoms with van der Waals surface area (Å²) in [6.45, 7) is 4.14. The van der Waals surface area contributed by atoms with Gasteiger partial charge in [-0.2, -0.15) is 0 Å². The molecule has 0 rings (SSSR count). The average Bonchev–Trinajstić information content (AvgIpc) is 2.24. The lowest BCUT2D eigenvalue weighted by Gasteiger charge is -2.03. The van der Waals surface area contributed by atoms with Crippen LogP contribution in [-0.4, -0.2) is 23.5 Å². The second kappa shape index (κ2) is 9.24. The van der Waals surface area contributed by atoms with Gasteiger partial charge in [-0.05, 0) is 13.3 Å². The smallest absolute Gasteiger partial charge is 0.356 e. The van der Waals surface area contributed by atoms with Crippen LogP contribution in [-0.2, 0) is 9.53 Å². The van der Waals surface area contributed by atoms with Gasteiger partial charge in [0, 0.05) is 6.42 Å². The molecule has 0 spiro atoms. The summed E-state index contributed by atoms with van der Waals surface area (Å²) in [6, 6.07) is 0. The summed E-state index contributed by atoms with van der Waals surface area (Å²) >= 11 is 0. The molecule has 0 aliphatic heterocycles. The van der Waals surface area contributed by atoms with Crippen LogP contribution in [0, 0.1) is 0 Å². The van der Waals surface area contributed by atoms with Crippen molar-refractivity contribution in [1.82, 2.24) is 0 Å². The van der Waals surface area contributed by atoms with Crippen molar-refractivity contribution in [1.29, 1.82) is 0 Å². The minimum absolute atomic E-state index is 0.105. The minimum atomic E-state index is -0.535. The van der Waals surface area contributed by atoms with Gasteiger partial charge in [0.15, 0.2) is 5.71 Å². The highest BCUT2D eigenvalue weighted by molar-refractivity contribution is 6.36. The van der Waals surface area contributed by atoms with Crippen molar-refractivity contribution in [3.05, 3.63) is 12.2 Å². The molecule has 0 atom stereocenters. The zero-order chi connectivity index (χ0) is 11.5. The first-order chi connectivity index (χ1) is 7.26. The van der Waals surface area contributed by atoms with Crippen molar-refractivity contribution in [2.24, 2.45) is 5.16 Å². The fourth-order valence-electron chi connectivity index (χ4n) is 1.04. The third-order valence-corrected chi connectivity index (χ3v) is 1.92. The second-order valence-corrected chi connectivity index (χ2v) is 3.17. The predicted octanol–water partition coefficient (Wildman–Crippen LogP) is 2.52. The summed E-state index contributed by atoms with van der Waals surface area (Å²) in [5.74, 6) is -0.535. The monoisotopic (exact) mass is 213 g/mol. The molecule has 4 nitrogen and oxygen atoms in total. The van der Waals surface area contributed by atoms with Crippen LogP contribution in [0.4, 0.5) is 0 Å². The van der Waals surface area contributed by atoms with Gasteiger partial charge in [-0.25, -0.2) is 4.79 Å². The summed E-state index contributed by atoms with van der Waals surface area (Å²) in [5, 5.41) is 11.6. The summed E-state index contributed by atoms with van der Waals surface area (Å²) in [4.78, 5) is 11.3. The van der Waals surface area contributed by atoms with Gasteiger partial charge in [0.1, 0.15) is 6.61 Å². The molecule has 0 saturated carbocycles. The first kappa shape index (κ1) is 13.7. The van der Waals surface area contributed by atoms with Crippen molar-refractivity contribution < 1.29 is 14.7 Å². The number of carbonyl (C=O) groups excluding carboxylic acids is 1. The quantitative estimate of drug-likeness (QED) is 0.176. The molecule has 0 aliphatic carbocycles. The molecule has 86 valence electrons. The highest BCUT2D eigenvalue weighted by atomic mass is 16.5. The van der Waals surface area contributed by atoms with E-state index in [1.807, 2.05) is 6.92 Å². The number of oxime groups is 1. The Balaban J connectivity index is 3.89. The molecular formula is C11H19NO3. The van der Waals surface area contributed by atoms with E-state index >= 15 is 0 Å². The number of ether oxygens (including phenoxy) is 1. The molecular weight excluding hydrogens is 194 g/mol. The van der Waals surface area contributed by atoms with Gasteiger partial charge in [-0.15, -0.1) is 0 Å². The lowest BCUT2D eigenvalue weighted by atomic mass is 10.1. The van der Waals surface area contributed by atoms with E-state index in [9.17, 15) is 4.79 Å². The maximum atomic E-state index is 11.3. The number of hydrogen-bond acceptors (Lipinski definition) is 4. The molecule has 0 amide bonds. The Bertz CT molecular complexity index is 234. The molecule has 0 aromatic heterocycles. The summed E-state index contributed by atoms with van der Waals surface area (Å²) in [5.41, 5.74) is 0.105. The van der Waals surface area contributed by atoms with Crippen LogP contribution < -0.4 is 0 Å². The maximum Gasteiger partial charge on any atom is 0.356 e. The molecule has 0 saturated heterocycles. The molecule has 0 heterocycles. The lowest BCUT2D eigenvalue weighted by Crippen LogP contribution is -2.17. The Hall–Kier alpha value is -1.32. The van der Waals surface area contributed by atoms with E-state index in [0.29, 0.717) is 6.42 Å². The topological polar surface area (TPSA) is 58.9 Å². The number of allylic oxidation sites excluding steroid dienone is 1. The molecule has 0 aliphatic rings. The summed E-state index contributed by atoms with van der Waals surface area (Å²) < 4.78 is 4.85. The van der Waals surface area contributed by atoms with E-state index in [4.69, 9.17) is 9.94 Å². The van der Waals surface area contributed by atoms with Gasteiger partial charge in [-0.3, -0.25) is 0 Å². The number of esters is 1. The van der Waals surface area contributed by atoms with Gasteiger partial charge in [0.25, 0.3) is 0 Å². The largest absolute Gasteiger partial charge is 0.457 e. The Kier molecular flexibility index (Phi) is 8.43. The van der Waals surface area contributed by atoms with Crippen molar-refractivity contribution in [2.75, 3.05) is 6.61 Å². The molecule has 0 aromatic rings. The zero-order valence-corrected chi connectivity index (χ0v) is 9.40. The number of nitrogens with zero attached hydrogens (tertiary/aromatic N) is 1. The van der Waals surface area contributed by atoms with Gasteiger partial charge < -0.3 is 9.94 Å². The molecule has 1 N–H and O–H groups in total. The molecule has 0 radical (unpaired) electrons. The van der Waals surface area contributed by atoms with Crippen LogP contribution in [0.25, 0.3) is 0 Å². The van der Waals surface area contributed by atoms with Crippen LogP contribution >= 0.6 is 0 Å². The van der Waals surface area contributed by atoms with Crippen LogP contribution in [0.2, 0.25) is 0 Å². The standard InChI is InChI=1S/C11H19NO3/c1-3-5-7-8-10(12-14)11(13)15-9-6-4-2/h4,6,14H,3,5,7-9H2,1-2H3/b6-4+,12-10+. The fraction of sp³-hybridized carbons (Fsp3) is 0.636. The molecule has 0 unspecified atom stereocenters. The average molecular weight is 213 g/mol. The highest BCUT2D eigenvalue weighted by Gasteiger charge is 2.12. The predicted molar refractivity (Wildman–Crippen MR) is 59.1 cm³/mol. The number of hydrogen-bond donors (Lipinski definition) is 1. The van der Waals surface area contributed by atoms with Crippen molar-refractivity contribution >= 4 is 11.7 Å². The Morgan fingerprint density at radius 1 is 1.47 bits per heavy atom. The molecule has 0 fully saturated rings. The summed E-state index contributed by atoms with van der Waals surface area (Å²) in [7, 11) is 0. The highest BCUT2D eigenvalue weighted by Crippen LogP contribution is 2.02. The van der Waals surface area contributed by atoms with Crippen LogP contribution in [0.1, 0.15) is 39.5 Å². The molecule has 15 heavy (non-hydrogen) atoms. The van der Waals surface area contributed by atoms with Gasteiger partial charge in [-0.1, -0.05) is 37.1 Å². The molecule has 0 aromatic carbocycles. The number of unbranched alkanes of at least 4 members (excludes halogenated alkanes) is 2. The number of carbonyl (C=O) groups is 1. The third-order valence-electron chi connectivity index (χ3n) is 1.92. The van der Waals surface area contributed by atoms with E-state index < -0.39 is 5.97 Å². The lowest BCUT2D eigenvalue weighted by molar-refractivity contribution is -0.134. The Morgan fingerprint density at radius 2 is 2.20 bits per heavy atom. The summed E-state index contributed by atoms with van der Waals surface area (Å²) in [6.07, 6.45) is 6.90. The molecule has 4 heteroatoms. The normalized spacial score (nSPS) is 12.0. The SMILES string of the molecule is C/C=C/COC(=O)/C(CCCCC)=N/O. The van der Waals surface area contributed by atoms with Crippen LogP contribution in [0.15, 0.2) is 17.3 Å². The van der Waals surface area contributed by atoms with Crippen LogP contribution in [0.5, 0.6) is 0 Å². The maximum absolute atomic E-state index is 11.3. The van der Waals surface area contributed by atoms with E-state index in [2.05, 4.69) is 12.1 Å². The van der Waals surface area contributed by atoms with Gasteiger partial charge in [0.2, 0.25) is 0 Å². The van der Waals surface area contributed by atoms with Crippen molar-refractivity contribution in [2.45, 2.75) is 39.5 Å². The fourth-order valence-corrected chi connectivity index (χ4v) is 1.04. The van der Waals surface area contributed by atoms with Crippen LogP contribution in [0.3, 0.4) is 0 Å². The number of rotatable bonds is 7. The zero-order valence-electron chi connectivity index (χ0n) is 9.40. The van der Waals surface area contributed by atoms with Gasteiger partial charge in [0.05, 0.1) is 0 Å². The molecule has 0 bridgehead atoms. The first-order valence-corrected chi connectivity index (χ1v) is 5.25. The van der Waals surface area contributed by atoms with E-state index in [-0.39, 0.29) is 12.3 Å². The van der Waals surface area contributed by atoms with E-state index in [1.54, 1.807) is 12.2 Å². The first-order valence-electron chi connectivity index (χ1n) is 5.25. The minimum Gasteiger partial charge on any atom is -0.457 e. The van der Waals surface area contributed by atoms with Crippen molar-refractivity contribution in [3.8, 4) is 0 Å². The van der Waals surface area contributed by atoms with Crippen molar-refractivity contribution in [3.63, 3.8) is 0 Å². The third kappa shape index (κ3) is 6.71. The Labute approximate surface area is 90.6 Å². The van der Waals surface area contributed by atoms with Gasteiger partial charge >= 0.3 is 5.97 Å².